The molecule has 0 bridgehead atoms. The van der Waals surface area contributed by atoms with Crippen LogP contribution in [0, 0.1) is 18.7 Å². The molecule has 2 N–H and O–H groups in total. The van der Waals surface area contributed by atoms with Gasteiger partial charge in [0.15, 0.2) is 0 Å². The number of likely N-dealkylation sites (tertiary alicyclic amines) is 1. The van der Waals surface area contributed by atoms with Crippen molar-refractivity contribution in [3.8, 4) is 0 Å². The van der Waals surface area contributed by atoms with E-state index in [1.54, 1.807) is 15.6 Å². The Morgan fingerprint density at radius 1 is 1.33 bits per heavy atom. The number of halogens is 1. The van der Waals surface area contributed by atoms with Gasteiger partial charge in [-0.15, -0.1) is 0 Å². The van der Waals surface area contributed by atoms with Crippen molar-refractivity contribution in [3.05, 3.63) is 47.8 Å². The molecule has 0 aliphatic carbocycles. The van der Waals surface area contributed by atoms with E-state index in [0.717, 1.165) is 5.69 Å². The smallest absolute Gasteiger partial charge is 0.224 e. The van der Waals surface area contributed by atoms with Crippen LogP contribution in [0.5, 0.6) is 0 Å². The van der Waals surface area contributed by atoms with Gasteiger partial charge in [0.25, 0.3) is 0 Å². The average molecular weight is 412 g/mol. The standard InChI is InChI=1S/C21H25FN6O2/c1-14-5-10-28(26-14)11-7-20(29)27-9-6-15(13-27)21(30)23-8-4-19-24-17-3-2-16(22)12-18(17)25-19/h2-3,5,10,12,15H,4,6-9,11,13H2,1H3,(H,23,30)(H,24,25). The van der Waals surface area contributed by atoms with Gasteiger partial charge < -0.3 is 15.2 Å². The van der Waals surface area contributed by atoms with Gasteiger partial charge in [0.05, 0.1) is 22.6 Å². The molecule has 30 heavy (non-hydrogen) atoms. The van der Waals surface area contributed by atoms with Gasteiger partial charge in [-0.25, -0.2) is 9.37 Å². The highest BCUT2D eigenvalue weighted by molar-refractivity contribution is 5.82. The molecule has 1 aromatic carbocycles. The molecule has 0 saturated carbocycles. The number of aromatic nitrogens is 4. The Balaban J connectivity index is 1.20. The lowest BCUT2D eigenvalue weighted by Crippen LogP contribution is -2.35. The maximum atomic E-state index is 13.3. The molecule has 0 radical (unpaired) electrons. The highest BCUT2D eigenvalue weighted by Gasteiger charge is 2.30. The van der Waals surface area contributed by atoms with Crippen LogP contribution in [0.1, 0.15) is 24.4 Å². The minimum Gasteiger partial charge on any atom is -0.355 e. The Morgan fingerprint density at radius 2 is 2.20 bits per heavy atom. The molecule has 1 aliphatic heterocycles. The first-order valence-electron chi connectivity index (χ1n) is 10.2. The normalized spacial score (nSPS) is 16.3. The predicted molar refractivity (Wildman–Crippen MR) is 109 cm³/mol. The van der Waals surface area contributed by atoms with Crippen LogP contribution in [0.4, 0.5) is 4.39 Å². The lowest BCUT2D eigenvalue weighted by molar-refractivity contribution is -0.131. The third-order valence-corrected chi connectivity index (χ3v) is 5.39. The SMILES string of the molecule is Cc1ccn(CCC(=O)N2CCC(C(=O)NCCc3nc4ccc(F)cc4[nH]3)C2)n1. The quantitative estimate of drug-likeness (QED) is 0.619. The van der Waals surface area contributed by atoms with Crippen LogP contribution in [0.2, 0.25) is 0 Å². The van der Waals surface area contributed by atoms with Gasteiger partial charge in [-0.2, -0.15) is 5.10 Å². The van der Waals surface area contributed by atoms with Crippen molar-refractivity contribution < 1.29 is 14.0 Å². The van der Waals surface area contributed by atoms with Crippen LogP contribution in [-0.2, 0) is 22.6 Å². The molecule has 1 aliphatic rings. The van der Waals surface area contributed by atoms with Gasteiger partial charge in [0.2, 0.25) is 11.8 Å². The zero-order valence-electron chi connectivity index (χ0n) is 16.9. The lowest BCUT2D eigenvalue weighted by atomic mass is 10.1. The molecule has 2 amide bonds. The number of imidazole rings is 1. The number of amides is 2. The molecule has 1 fully saturated rings. The number of rotatable bonds is 7. The van der Waals surface area contributed by atoms with Crippen molar-refractivity contribution in [1.82, 2.24) is 30.0 Å². The van der Waals surface area contributed by atoms with Crippen molar-refractivity contribution in [3.63, 3.8) is 0 Å². The maximum Gasteiger partial charge on any atom is 0.224 e. The summed E-state index contributed by atoms with van der Waals surface area (Å²) in [6.07, 6.45) is 3.44. The molecular weight excluding hydrogens is 387 g/mol. The summed E-state index contributed by atoms with van der Waals surface area (Å²) in [5, 5.41) is 7.21. The third kappa shape index (κ3) is 4.67. The number of benzene rings is 1. The van der Waals surface area contributed by atoms with E-state index in [2.05, 4.69) is 20.4 Å². The lowest BCUT2D eigenvalue weighted by Gasteiger charge is -2.16. The fraction of sp³-hybridized carbons (Fsp3) is 0.429. The number of aryl methyl sites for hydroxylation is 2. The molecule has 3 aromatic rings. The molecule has 4 rings (SSSR count). The summed E-state index contributed by atoms with van der Waals surface area (Å²) >= 11 is 0. The van der Waals surface area contributed by atoms with E-state index in [1.165, 1.54) is 12.1 Å². The number of carbonyl (C=O) groups excluding carboxylic acids is 2. The number of fused-ring (bicyclic) bond motifs is 1. The van der Waals surface area contributed by atoms with E-state index >= 15 is 0 Å². The van der Waals surface area contributed by atoms with Gasteiger partial charge >= 0.3 is 0 Å². The summed E-state index contributed by atoms with van der Waals surface area (Å²) in [7, 11) is 0. The Morgan fingerprint density at radius 3 is 3.00 bits per heavy atom. The van der Waals surface area contributed by atoms with Crippen LogP contribution in [0.25, 0.3) is 11.0 Å². The zero-order chi connectivity index (χ0) is 21.1. The van der Waals surface area contributed by atoms with Crippen molar-refractivity contribution in [2.75, 3.05) is 19.6 Å². The van der Waals surface area contributed by atoms with Gasteiger partial charge in [0, 0.05) is 45.2 Å². The van der Waals surface area contributed by atoms with E-state index in [4.69, 9.17) is 0 Å². The average Bonchev–Trinajstić information content (AvgIpc) is 3.45. The Labute approximate surface area is 173 Å². The summed E-state index contributed by atoms with van der Waals surface area (Å²) in [6.45, 7) is 3.94. The second-order valence-corrected chi connectivity index (χ2v) is 7.68. The van der Waals surface area contributed by atoms with E-state index in [9.17, 15) is 14.0 Å². The first-order chi connectivity index (χ1) is 14.5. The maximum absolute atomic E-state index is 13.3. The van der Waals surface area contributed by atoms with E-state index in [1.807, 2.05) is 19.2 Å². The Bertz CT molecular complexity index is 1060. The summed E-state index contributed by atoms with van der Waals surface area (Å²) in [5.41, 5.74) is 2.27. The van der Waals surface area contributed by atoms with Crippen LogP contribution in [-0.4, -0.2) is 56.1 Å². The summed E-state index contributed by atoms with van der Waals surface area (Å²) in [6, 6.07) is 6.31. The molecule has 158 valence electrons. The summed E-state index contributed by atoms with van der Waals surface area (Å²) in [4.78, 5) is 34.1. The highest BCUT2D eigenvalue weighted by atomic mass is 19.1. The first-order valence-corrected chi connectivity index (χ1v) is 10.2. The van der Waals surface area contributed by atoms with E-state index in [-0.39, 0.29) is 23.5 Å². The number of hydrogen-bond acceptors (Lipinski definition) is 4. The third-order valence-electron chi connectivity index (χ3n) is 5.39. The van der Waals surface area contributed by atoms with Gasteiger partial charge in [-0.1, -0.05) is 0 Å². The molecule has 9 heteroatoms. The van der Waals surface area contributed by atoms with Gasteiger partial charge in [-0.3, -0.25) is 14.3 Å². The molecule has 0 spiro atoms. The van der Waals surface area contributed by atoms with Crippen molar-refractivity contribution in [2.24, 2.45) is 5.92 Å². The monoisotopic (exact) mass is 412 g/mol. The first kappa shape index (κ1) is 20.1. The number of aromatic amines is 1. The van der Waals surface area contributed by atoms with E-state index in [0.29, 0.717) is 62.3 Å². The zero-order valence-corrected chi connectivity index (χ0v) is 16.9. The van der Waals surface area contributed by atoms with Gasteiger partial charge in [-0.05, 0) is 37.6 Å². The van der Waals surface area contributed by atoms with Gasteiger partial charge in [0.1, 0.15) is 11.6 Å². The minimum absolute atomic E-state index is 0.0462. The molecule has 1 atom stereocenters. The predicted octanol–water partition coefficient (Wildman–Crippen LogP) is 1.80. The van der Waals surface area contributed by atoms with Crippen molar-refractivity contribution in [2.45, 2.75) is 32.7 Å². The fourth-order valence-corrected chi connectivity index (χ4v) is 3.76. The second-order valence-electron chi connectivity index (χ2n) is 7.68. The molecule has 8 nitrogen and oxygen atoms in total. The molecule has 3 heterocycles. The molecule has 2 aromatic heterocycles. The molecule has 1 unspecified atom stereocenters. The van der Waals surface area contributed by atoms with E-state index < -0.39 is 0 Å². The summed E-state index contributed by atoms with van der Waals surface area (Å²) < 4.78 is 15.0. The Kier molecular flexibility index (Phi) is 5.78. The largest absolute Gasteiger partial charge is 0.355 e. The Hall–Kier alpha value is -3.23. The number of hydrogen-bond donors (Lipinski definition) is 2. The van der Waals surface area contributed by atoms with Crippen LogP contribution in [0.15, 0.2) is 30.5 Å². The second kappa shape index (κ2) is 8.64. The van der Waals surface area contributed by atoms with Crippen LogP contribution < -0.4 is 5.32 Å². The number of nitrogens with zero attached hydrogens (tertiary/aromatic N) is 4. The van der Waals surface area contributed by atoms with Crippen molar-refractivity contribution in [1.29, 1.82) is 0 Å². The minimum atomic E-state index is -0.314. The number of H-pyrrole nitrogens is 1. The fourth-order valence-electron chi connectivity index (χ4n) is 3.76. The molecule has 1 saturated heterocycles. The van der Waals surface area contributed by atoms with Crippen LogP contribution in [0.3, 0.4) is 0 Å². The highest BCUT2D eigenvalue weighted by Crippen LogP contribution is 2.18. The number of nitrogens with one attached hydrogen (secondary N) is 2. The van der Waals surface area contributed by atoms with Crippen molar-refractivity contribution >= 4 is 22.8 Å². The molecular formula is C21H25FN6O2. The summed E-state index contributed by atoms with van der Waals surface area (Å²) in [5.74, 6) is 0.202. The number of carbonyl (C=O) groups is 2. The topological polar surface area (TPSA) is 95.9 Å². The van der Waals surface area contributed by atoms with Crippen LogP contribution >= 0.6 is 0 Å².